The van der Waals surface area contributed by atoms with Crippen LogP contribution in [-0.4, -0.2) is 47.4 Å². The summed E-state index contributed by atoms with van der Waals surface area (Å²) in [5, 5.41) is 11.8. The molecular weight excluding hydrogens is 413 g/mol. The first kappa shape index (κ1) is 21.3. The molecule has 2 aromatic carbocycles. The van der Waals surface area contributed by atoms with Crippen LogP contribution in [0.25, 0.3) is 5.69 Å². The summed E-state index contributed by atoms with van der Waals surface area (Å²) in [4.78, 5) is 30.5. The number of para-hydroxylation sites is 1. The van der Waals surface area contributed by atoms with Gasteiger partial charge in [-0.15, -0.1) is 0 Å². The number of aromatic nitrogens is 2. The van der Waals surface area contributed by atoms with Crippen molar-refractivity contribution in [1.29, 1.82) is 5.41 Å². The normalized spacial score (nSPS) is 14.5. The maximum absolute atomic E-state index is 15.0. The number of aliphatic imine (C=N–C) groups is 1. The molecule has 3 aromatic rings. The topological polar surface area (TPSA) is 101 Å². The standard InChI is InChI=1S/C23H20FN5O3/c24-18-14-17(28-12-13-32-15-22(28)31)6-7-20(18)29-11-9-21(30)23(27-29)19(8-10-25)26-16-4-2-1-3-5-16/h1-7,9-11,14,25H,8,12-13,15H2. The van der Waals surface area contributed by atoms with Gasteiger partial charge in [-0.1, -0.05) is 18.2 Å². The van der Waals surface area contributed by atoms with Crippen molar-refractivity contribution in [2.75, 3.05) is 24.7 Å². The van der Waals surface area contributed by atoms with Crippen molar-refractivity contribution in [1.82, 2.24) is 9.78 Å². The molecule has 0 radical (unpaired) electrons. The van der Waals surface area contributed by atoms with Gasteiger partial charge in [0.25, 0.3) is 5.91 Å². The quantitative estimate of drug-likeness (QED) is 0.604. The zero-order valence-corrected chi connectivity index (χ0v) is 17.1. The summed E-state index contributed by atoms with van der Waals surface area (Å²) in [6.45, 7) is 0.696. The number of halogens is 1. The summed E-state index contributed by atoms with van der Waals surface area (Å²) in [5.74, 6) is -0.835. The highest BCUT2D eigenvalue weighted by atomic mass is 19.1. The van der Waals surface area contributed by atoms with Gasteiger partial charge in [0.15, 0.2) is 11.5 Å². The van der Waals surface area contributed by atoms with E-state index in [1.165, 1.54) is 34.0 Å². The molecule has 2 heterocycles. The molecule has 0 atom stereocenters. The largest absolute Gasteiger partial charge is 0.370 e. The van der Waals surface area contributed by atoms with E-state index in [4.69, 9.17) is 10.1 Å². The second-order valence-corrected chi connectivity index (χ2v) is 7.01. The molecule has 1 saturated heterocycles. The van der Waals surface area contributed by atoms with Crippen molar-refractivity contribution in [3.63, 3.8) is 0 Å². The number of carbonyl (C=O) groups excluding carboxylic acids is 1. The maximum atomic E-state index is 15.0. The van der Waals surface area contributed by atoms with E-state index in [0.717, 1.165) is 6.21 Å². The molecule has 1 aliphatic heterocycles. The van der Waals surface area contributed by atoms with E-state index in [1.807, 2.05) is 18.2 Å². The van der Waals surface area contributed by atoms with Crippen LogP contribution in [0.3, 0.4) is 0 Å². The molecule has 1 N–H and O–H groups in total. The molecule has 32 heavy (non-hydrogen) atoms. The van der Waals surface area contributed by atoms with Gasteiger partial charge in [-0.2, -0.15) is 5.10 Å². The first-order chi connectivity index (χ1) is 15.6. The fourth-order valence-electron chi connectivity index (χ4n) is 3.33. The van der Waals surface area contributed by atoms with Crippen LogP contribution in [0.4, 0.5) is 15.8 Å². The summed E-state index contributed by atoms with van der Waals surface area (Å²) in [6.07, 6.45) is 2.60. The number of benzene rings is 2. The Morgan fingerprint density at radius 1 is 1.19 bits per heavy atom. The molecule has 1 aromatic heterocycles. The number of carbonyl (C=O) groups is 1. The highest BCUT2D eigenvalue weighted by Crippen LogP contribution is 2.22. The minimum Gasteiger partial charge on any atom is -0.370 e. The highest BCUT2D eigenvalue weighted by Gasteiger charge is 2.21. The van der Waals surface area contributed by atoms with Crippen molar-refractivity contribution >= 4 is 29.2 Å². The predicted octanol–water partition coefficient (Wildman–Crippen LogP) is 2.90. The zero-order chi connectivity index (χ0) is 22.5. The van der Waals surface area contributed by atoms with Crippen LogP contribution in [0.15, 0.2) is 70.6 Å². The molecule has 8 nitrogen and oxygen atoms in total. The van der Waals surface area contributed by atoms with Crippen molar-refractivity contribution in [2.24, 2.45) is 4.99 Å². The van der Waals surface area contributed by atoms with Gasteiger partial charge in [0.1, 0.15) is 12.3 Å². The number of nitrogens with one attached hydrogen (secondary N) is 1. The maximum Gasteiger partial charge on any atom is 0.253 e. The van der Waals surface area contributed by atoms with Crippen LogP contribution < -0.4 is 10.3 Å². The molecule has 4 rings (SSSR count). The summed E-state index contributed by atoms with van der Waals surface area (Å²) < 4.78 is 21.3. The third-order valence-electron chi connectivity index (χ3n) is 4.87. The molecule has 0 saturated carbocycles. The van der Waals surface area contributed by atoms with Crippen LogP contribution in [0.1, 0.15) is 12.1 Å². The SMILES string of the molecule is N=CCC(=Nc1ccccc1)c1nn(-c2ccc(N3CCOCC3=O)cc2F)ccc1=O. The number of morpholine rings is 1. The molecule has 0 bridgehead atoms. The Morgan fingerprint density at radius 2 is 2.00 bits per heavy atom. The Balaban J connectivity index is 1.72. The third-order valence-corrected chi connectivity index (χ3v) is 4.87. The summed E-state index contributed by atoms with van der Waals surface area (Å²) in [7, 11) is 0. The molecule has 1 fully saturated rings. The summed E-state index contributed by atoms with van der Waals surface area (Å²) in [6, 6.07) is 14.7. The fourth-order valence-corrected chi connectivity index (χ4v) is 3.33. The van der Waals surface area contributed by atoms with E-state index in [2.05, 4.69) is 10.1 Å². The lowest BCUT2D eigenvalue weighted by Crippen LogP contribution is -2.41. The van der Waals surface area contributed by atoms with Crippen molar-refractivity contribution in [3.8, 4) is 5.69 Å². The van der Waals surface area contributed by atoms with E-state index in [-0.39, 0.29) is 35.7 Å². The number of rotatable bonds is 6. The van der Waals surface area contributed by atoms with Crippen LogP contribution in [0.5, 0.6) is 0 Å². The predicted molar refractivity (Wildman–Crippen MR) is 119 cm³/mol. The van der Waals surface area contributed by atoms with Crippen LogP contribution in [0.2, 0.25) is 0 Å². The molecule has 0 unspecified atom stereocenters. The Bertz CT molecular complexity index is 1240. The van der Waals surface area contributed by atoms with Gasteiger partial charge >= 0.3 is 0 Å². The fraction of sp³-hybridized carbons (Fsp3) is 0.174. The van der Waals surface area contributed by atoms with Crippen LogP contribution >= 0.6 is 0 Å². The van der Waals surface area contributed by atoms with E-state index in [0.29, 0.717) is 30.2 Å². The minimum atomic E-state index is -0.600. The van der Waals surface area contributed by atoms with Gasteiger partial charge in [0.2, 0.25) is 5.43 Å². The molecule has 1 amide bonds. The third kappa shape index (κ3) is 4.52. The Kier molecular flexibility index (Phi) is 6.27. The molecule has 0 aliphatic carbocycles. The Labute approximate surface area is 183 Å². The van der Waals surface area contributed by atoms with Gasteiger partial charge in [0, 0.05) is 37.1 Å². The number of nitrogens with zero attached hydrogens (tertiary/aromatic N) is 4. The minimum absolute atomic E-state index is 0.0340. The first-order valence-corrected chi connectivity index (χ1v) is 9.97. The second-order valence-electron chi connectivity index (χ2n) is 7.01. The molecule has 9 heteroatoms. The van der Waals surface area contributed by atoms with Crippen molar-refractivity contribution in [3.05, 3.63) is 82.5 Å². The smallest absolute Gasteiger partial charge is 0.253 e. The molecule has 162 valence electrons. The van der Waals surface area contributed by atoms with Crippen LogP contribution in [0, 0.1) is 11.2 Å². The van der Waals surface area contributed by atoms with Gasteiger partial charge < -0.3 is 15.0 Å². The number of hydrogen-bond donors (Lipinski definition) is 1. The number of anilines is 1. The average Bonchev–Trinajstić information content (AvgIpc) is 2.80. The lowest BCUT2D eigenvalue weighted by atomic mass is 10.2. The first-order valence-electron chi connectivity index (χ1n) is 9.97. The zero-order valence-electron chi connectivity index (χ0n) is 17.1. The lowest BCUT2D eigenvalue weighted by Gasteiger charge is -2.27. The lowest BCUT2D eigenvalue weighted by molar-refractivity contribution is -0.125. The van der Waals surface area contributed by atoms with E-state index in [9.17, 15) is 14.0 Å². The number of ether oxygens (including phenoxy) is 1. The van der Waals surface area contributed by atoms with E-state index in [1.54, 1.807) is 18.2 Å². The summed E-state index contributed by atoms with van der Waals surface area (Å²) >= 11 is 0. The highest BCUT2D eigenvalue weighted by molar-refractivity contribution is 6.06. The number of amides is 1. The van der Waals surface area contributed by atoms with E-state index < -0.39 is 5.82 Å². The Morgan fingerprint density at radius 3 is 2.72 bits per heavy atom. The average molecular weight is 433 g/mol. The van der Waals surface area contributed by atoms with Gasteiger partial charge in [-0.05, 0) is 30.3 Å². The van der Waals surface area contributed by atoms with Crippen molar-refractivity contribution < 1.29 is 13.9 Å². The van der Waals surface area contributed by atoms with Gasteiger partial charge in [0.05, 0.1) is 18.0 Å². The monoisotopic (exact) mass is 433 g/mol. The molecule has 1 aliphatic rings. The van der Waals surface area contributed by atoms with E-state index >= 15 is 0 Å². The molecular formula is C23H20FN5O3. The second kappa shape index (κ2) is 9.44. The Hall–Kier alpha value is -3.98. The van der Waals surface area contributed by atoms with Gasteiger partial charge in [-0.3, -0.25) is 14.6 Å². The van der Waals surface area contributed by atoms with Crippen LogP contribution in [-0.2, 0) is 9.53 Å². The molecule has 0 spiro atoms. The van der Waals surface area contributed by atoms with Gasteiger partial charge in [-0.25, -0.2) is 9.07 Å². The van der Waals surface area contributed by atoms with Crippen molar-refractivity contribution in [2.45, 2.75) is 6.42 Å². The summed E-state index contributed by atoms with van der Waals surface area (Å²) in [5.41, 5.74) is 1.12. The number of hydrogen-bond acceptors (Lipinski definition) is 6.